The molecule has 0 fully saturated rings. The molecular formula is C13H17BrN4. The van der Waals surface area contributed by atoms with E-state index in [2.05, 4.69) is 51.7 Å². The van der Waals surface area contributed by atoms with Crippen molar-refractivity contribution in [2.45, 2.75) is 25.9 Å². The average molecular weight is 309 g/mol. The molecule has 0 radical (unpaired) electrons. The SMILES string of the molecule is CCn1cc(CC(NN)c2cccc(Br)c2)cn1. The molecular weight excluding hydrogens is 292 g/mol. The predicted octanol–water partition coefficient (Wildman–Crippen LogP) is 2.41. The highest BCUT2D eigenvalue weighted by molar-refractivity contribution is 9.10. The van der Waals surface area contributed by atoms with Gasteiger partial charge in [0.05, 0.1) is 12.2 Å². The van der Waals surface area contributed by atoms with Crippen molar-refractivity contribution in [3.05, 3.63) is 52.3 Å². The molecule has 0 spiro atoms. The second kappa shape index (κ2) is 6.13. The molecule has 5 heteroatoms. The lowest BCUT2D eigenvalue weighted by atomic mass is 10.0. The summed E-state index contributed by atoms with van der Waals surface area (Å²) in [6, 6.07) is 8.26. The number of nitrogens with two attached hydrogens (primary N) is 1. The number of nitrogens with zero attached hydrogens (tertiary/aromatic N) is 2. The van der Waals surface area contributed by atoms with Gasteiger partial charge in [-0.05, 0) is 36.6 Å². The maximum Gasteiger partial charge on any atom is 0.0522 e. The molecule has 96 valence electrons. The van der Waals surface area contributed by atoms with Gasteiger partial charge in [-0.2, -0.15) is 5.10 Å². The number of aromatic nitrogens is 2. The summed E-state index contributed by atoms with van der Waals surface area (Å²) in [7, 11) is 0. The molecule has 0 aliphatic heterocycles. The second-order valence-corrected chi connectivity index (χ2v) is 5.10. The Bertz CT molecular complexity index is 509. The van der Waals surface area contributed by atoms with E-state index in [1.54, 1.807) is 0 Å². The summed E-state index contributed by atoms with van der Waals surface area (Å²) in [5, 5.41) is 4.27. The van der Waals surface area contributed by atoms with Crippen LogP contribution in [0.1, 0.15) is 24.1 Å². The number of rotatable bonds is 5. The zero-order valence-electron chi connectivity index (χ0n) is 10.3. The summed E-state index contributed by atoms with van der Waals surface area (Å²) < 4.78 is 2.98. The van der Waals surface area contributed by atoms with Crippen LogP contribution in [-0.4, -0.2) is 9.78 Å². The molecule has 0 amide bonds. The van der Waals surface area contributed by atoms with Crippen molar-refractivity contribution in [1.82, 2.24) is 15.2 Å². The number of aryl methyl sites for hydroxylation is 1. The van der Waals surface area contributed by atoms with Crippen molar-refractivity contribution in [2.75, 3.05) is 0 Å². The Labute approximate surface area is 115 Å². The first-order chi connectivity index (χ1) is 8.72. The van der Waals surface area contributed by atoms with Crippen LogP contribution in [0, 0.1) is 0 Å². The smallest absolute Gasteiger partial charge is 0.0522 e. The molecule has 2 aromatic rings. The molecule has 1 atom stereocenters. The molecule has 1 heterocycles. The van der Waals surface area contributed by atoms with Gasteiger partial charge in [-0.15, -0.1) is 0 Å². The molecule has 0 aliphatic rings. The van der Waals surface area contributed by atoms with Crippen LogP contribution in [0.25, 0.3) is 0 Å². The van der Waals surface area contributed by atoms with Crippen molar-refractivity contribution in [3.63, 3.8) is 0 Å². The minimum atomic E-state index is 0.0945. The highest BCUT2D eigenvalue weighted by atomic mass is 79.9. The van der Waals surface area contributed by atoms with E-state index in [0.717, 1.165) is 23.0 Å². The largest absolute Gasteiger partial charge is 0.273 e. The highest BCUT2D eigenvalue weighted by Gasteiger charge is 2.11. The summed E-state index contributed by atoms with van der Waals surface area (Å²) >= 11 is 3.48. The summed E-state index contributed by atoms with van der Waals surface area (Å²) in [5.41, 5.74) is 5.21. The standard InChI is InChI=1S/C13H17BrN4/c1-2-18-9-10(8-16-18)6-13(17-15)11-4-3-5-12(14)7-11/h3-5,7-9,13,17H,2,6,15H2,1H3. The van der Waals surface area contributed by atoms with Gasteiger partial charge in [0.25, 0.3) is 0 Å². The van der Waals surface area contributed by atoms with Gasteiger partial charge in [0.2, 0.25) is 0 Å². The molecule has 2 rings (SSSR count). The van der Waals surface area contributed by atoms with Gasteiger partial charge in [0.1, 0.15) is 0 Å². The number of benzene rings is 1. The van der Waals surface area contributed by atoms with Crippen LogP contribution in [0.15, 0.2) is 41.1 Å². The van der Waals surface area contributed by atoms with E-state index in [4.69, 9.17) is 5.84 Å². The number of halogens is 1. The first-order valence-electron chi connectivity index (χ1n) is 5.96. The molecule has 18 heavy (non-hydrogen) atoms. The van der Waals surface area contributed by atoms with E-state index in [1.165, 1.54) is 5.56 Å². The van der Waals surface area contributed by atoms with Gasteiger partial charge in [-0.3, -0.25) is 16.0 Å². The molecule has 0 bridgehead atoms. The Hall–Kier alpha value is -1.17. The zero-order valence-corrected chi connectivity index (χ0v) is 11.9. The van der Waals surface area contributed by atoms with E-state index < -0.39 is 0 Å². The number of hydrogen-bond donors (Lipinski definition) is 2. The molecule has 3 N–H and O–H groups in total. The van der Waals surface area contributed by atoms with Gasteiger partial charge < -0.3 is 0 Å². The Morgan fingerprint density at radius 3 is 2.94 bits per heavy atom. The molecule has 4 nitrogen and oxygen atoms in total. The minimum absolute atomic E-state index is 0.0945. The van der Waals surface area contributed by atoms with Crippen LogP contribution in [0.2, 0.25) is 0 Å². The van der Waals surface area contributed by atoms with Gasteiger partial charge in [0, 0.05) is 17.2 Å². The van der Waals surface area contributed by atoms with E-state index in [9.17, 15) is 0 Å². The van der Waals surface area contributed by atoms with Crippen molar-refractivity contribution in [1.29, 1.82) is 0 Å². The first-order valence-corrected chi connectivity index (χ1v) is 6.75. The van der Waals surface area contributed by atoms with Crippen LogP contribution in [0.5, 0.6) is 0 Å². The van der Waals surface area contributed by atoms with Crippen molar-refractivity contribution in [3.8, 4) is 0 Å². The van der Waals surface area contributed by atoms with Crippen LogP contribution >= 0.6 is 15.9 Å². The fourth-order valence-electron chi connectivity index (χ4n) is 1.92. The summed E-state index contributed by atoms with van der Waals surface area (Å²) in [5.74, 6) is 5.65. The Kier molecular flexibility index (Phi) is 4.52. The second-order valence-electron chi connectivity index (χ2n) is 4.18. The third kappa shape index (κ3) is 3.19. The lowest BCUT2D eigenvalue weighted by Crippen LogP contribution is -2.29. The van der Waals surface area contributed by atoms with E-state index in [0.29, 0.717) is 0 Å². The van der Waals surface area contributed by atoms with Crippen molar-refractivity contribution >= 4 is 15.9 Å². The van der Waals surface area contributed by atoms with Gasteiger partial charge in [-0.1, -0.05) is 28.1 Å². The maximum absolute atomic E-state index is 5.65. The monoisotopic (exact) mass is 308 g/mol. The maximum atomic E-state index is 5.65. The predicted molar refractivity (Wildman–Crippen MR) is 75.8 cm³/mol. The first kappa shape index (κ1) is 13.3. The quantitative estimate of drug-likeness (QED) is 0.659. The third-order valence-corrected chi connectivity index (χ3v) is 3.40. The van der Waals surface area contributed by atoms with Crippen molar-refractivity contribution in [2.24, 2.45) is 5.84 Å². The summed E-state index contributed by atoms with van der Waals surface area (Å²) in [6.45, 7) is 2.96. The number of nitrogens with one attached hydrogen (secondary N) is 1. The topological polar surface area (TPSA) is 55.9 Å². The average Bonchev–Trinajstić information content (AvgIpc) is 2.83. The number of hydrogen-bond acceptors (Lipinski definition) is 3. The Morgan fingerprint density at radius 2 is 2.33 bits per heavy atom. The normalized spacial score (nSPS) is 12.6. The molecule has 0 saturated carbocycles. The van der Waals surface area contributed by atoms with E-state index in [-0.39, 0.29) is 6.04 Å². The van der Waals surface area contributed by atoms with Crippen LogP contribution in [0.3, 0.4) is 0 Å². The van der Waals surface area contributed by atoms with E-state index >= 15 is 0 Å². The Balaban J connectivity index is 2.14. The lowest BCUT2D eigenvalue weighted by Gasteiger charge is -2.15. The minimum Gasteiger partial charge on any atom is -0.273 e. The van der Waals surface area contributed by atoms with Gasteiger partial charge >= 0.3 is 0 Å². The third-order valence-electron chi connectivity index (χ3n) is 2.90. The van der Waals surface area contributed by atoms with Crippen LogP contribution in [0.4, 0.5) is 0 Å². The molecule has 0 aliphatic carbocycles. The fraction of sp³-hybridized carbons (Fsp3) is 0.308. The summed E-state index contributed by atoms with van der Waals surface area (Å²) in [4.78, 5) is 0. The Morgan fingerprint density at radius 1 is 1.50 bits per heavy atom. The van der Waals surface area contributed by atoms with Gasteiger partial charge in [-0.25, -0.2) is 0 Å². The molecule has 1 aromatic heterocycles. The molecule has 0 saturated heterocycles. The van der Waals surface area contributed by atoms with E-state index in [1.807, 2.05) is 23.0 Å². The highest BCUT2D eigenvalue weighted by Crippen LogP contribution is 2.21. The fourth-order valence-corrected chi connectivity index (χ4v) is 2.33. The lowest BCUT2D eigenvalue weighted by molar-refractivity contribution is 0.551. The molecule has 1 aromatic carbocycles. The van der Waals surface area contributed by atoms with Crippen molar-refractivity contribution < 1.29 is 0 Å². The molecule has 1 unspecified atom stereocenters. The van der Waals surface area contributed by atoms with Crippen LogP contribution < -0.4 is 11.3 Å². The summed E-state index contributed by atoms with van der Waals surface area (Å²) in [6.07, 6.45) is 4.78. The van der Waals surface area contributed by atoms with Gasteiger partial charge in [0.15, 0.2) is 0 Å². The van der Waals surface area contributed by atoms with Crippen LogP contribution in [-0.2, 0) is 13.0 Å². The number of hydrazine groups is 1. The zero-order chi connectivity index (χ0) is 13.0.